The summed E-state index contributed by atoms with van der Waals surface area (Å²) in [5, 5.41) is 19.9. The summed E-state index contributed by atoms with van der Waals surface area (Å²) in [5.74, 6) is 0.291. The number of pyridine rings is 1. The van der Waals surface area contributed by atoms with Gasteiger partial charge in [-0.15, -0.1) is 0 Å². The van der Waals surface area contributed by atoms with E-state index in [9.17, 15) is 9.90 Å². The van der Waals surface area contributed by atoms with E-state index in [0.29, 0.717) is 22.8 Å². The van der Waals surface area contributed by atoms with Crippen molar-refractivity contribution in [3.63, 3.8) is 0 Å². The van der Waals surface area contributed by atoms with Gasteiger partial charge in [0.2, 0.25) is 0 Å². The minimum Gasteiger partial charge on any atom is -0.384 e. The third kappa shape index (κ3) is 4.38. The van der Waals surface area contributed by atoms with E-state index in [0.717, 1.165) is 11.1 Å². The summed E-state index contributed by atoms with van der Waals surface area (Å²) >= 11 is 0. The number of carbonyl (C=O) groups excluding carboxylic acids is 1. The number of amides is 1. The van der Waals surface area contributed by atoms with E-state index in [1.54, 1.807) is 26.0 Å². The van der Waals surface area contributed by atoms with Gasteiger partial charge in [-0.05, 0) is 39.8 Å². The van der Waals surface area contributed by atoms with E-state index in [4.69, 9.17) is 0 Å². The van der Waals surface area contributed by atoms with E-state index in [-0.39, 0.29) is 11.9 Å². The number of carbonyl (C=O) groups is 1. The number of benzene rings is 1. The van der Waals surface area contributed by atoms with Gasteiger partial charge in [0.25, 0.3) is 5.91 Å². The van der Waals surface area contributed by atoms with E-state index in [2.05, 4.69) is 25.5 Å². The zero-order chi connectivity index (χ0) is 19.6. The molecular formula is C20H23N5O2. The van der Waals surface area contributed by atoms with Gasteiger partial charge in [0.05, 0.1) is 17.4 Å². The molecule has 1 atom stereocenters. The number of aryl methyl sites for hydroxylation is 1. The van der Waals surface area contributed by atoms with Crippen molar-refractivity contribution in [3.8, 4) is 11.3 Å². The lowest BCUT2D eigenvalue weighted by molar-refractivity contribution is 0.0738. The summed E-state index contributed by atoms with van der Waals surface area (Å²) in [4.78, 5) is 21.4. The average molecular weight is 365 g/mol. The molecule has 3 N–H and O–H groups in total. The van der Waals surface area contributed by atoms with Crippen molar-refractivity contribution in [1.29, 1.82) is 0 Å². The summed E-state index contributed by atoms with van der Waals surface area (Å²) in [6.45, 7) is 7.12. The number of nitrogens with one attached hydrogen (secondary N) is 2. The summed E-state index contributed by atoms with van der Waals surface area (Å²) in [6.07, 6.45) is 1.40. The molecule has 3 rings (SSSR count). The van der Waals surface area contributed by atoms with Gasteiger partial charge >= 0.3 is 0 Å². The van der Waals surface area contributed by atoms with Gasteiger partial charge in [-0.1, -0.05) is 29.8 Å². The molecule has 0 aliphatic carbocycles. The zero-order valence-corrected chi connectivity index (χ0v) is 15.8. The number of aliphatic hydroxyl groups is 1. The minimum absolute atomic E-state index is 0.278. The predicted octanol–water partition coefficient (Wildman–Crippen LogP) is 2.89. The highest BCUT2D eigenvalue weighted by Crippen LogP contribution is 2.25. The van der Waals surface area contributed by atoms with Crippen LogP contribution in [0.5, 0.6) is 0 Å². The van der Waals surface area contributed by atoms with Gasteiger partial charge in [0.1, 0.15) is 17.8 Å². The molecule has 0 aliphatic rings. The quantitative estimate of drug-likeness (QED) is 0.645. The molecule has 27 heavy (non-hydrogen) atoms. The zero-order valence-electron chi connectivity index (χ0n) is 15.8. The monoisotopic (exact) mass is 365 g/mol. The maximum absolute atomic E-state index is 12.8. The fourth-order valence-corrected chi connectivity index (χ4v) is 2.62. The lowest BCUT2D eigenvalue weighted by Crippen LogP contribution is -2.28. The predicted molar refractivity (Wildman–Crippen MR) is 102 cm³/mol. The SMILES string of the molecule is Cc1ccc(-c2cc(C(=O)N[C@@H](C)c3ncn[nH]3)cc(C(C)(C)O)n2)cc1. The summed E-state index contributed by atoms with van der Waals surface area (Å²) in [7, 11) is 0. The molecule has 0 fully saturated rings. The molecule has 1 amide bonds. The molecule has 7 heteroatoms. The fraction of sp³-hybridized carbons (Fsp3) is 0.300. The average Bonchev–Trinajstić information content (AvgIpc) is 3.16. The van der Waals surface area contributed by atoms with Crippen molar-refractivity contribution in [2.75, 3.05) is 0 Å². The molecule has 0 saturated heterocycles. The standard InChI is InChI=1S/C20H23N5O2/c1-12-5-7-14(8-6-12)16-9-15(10-17(24-16)20(3,4)27)19(26)23-13(2)18-21-11-22-25-18/h5-11,13,27H,1-4H3,(H,23,26)(H,21,22,25)/t13-/m0/s1. The number of hydrogen-bond donors (Lipinski definition) is 3. The molecule has 2 heterocycles. The van der Waals surface area contributed by atoms with Crippen molar-refractivity contribution < 1.29 is 9.90 Å². The Morgan fingerprint density at radius 2 is 1.93 bits per heavy atom. The Morgan fingerprint density at radius 1 is 1.22 bits per heavy atom. The third-order valence-corrected chi connectivity index (χ3v) is 4.25. The van der Waals surface area contributed by atoms with Gasteiger partial charge < -0.3 is 10.4 Å². The molecule has 0 aliphatic heterocycles. The van der Waals surface area contributed by atoms with Crippen molar-refractivity contribution in [2.24, 2.45) is 0 Å². The molecule has 2 aromatic heterocycles. The first-order chi connectivity index (χ1) is 12.7. The smallest absolute Gasteiger partial charge is 0.252 e. The van der Waals surface area contributed by atoms with Crippen molar-refractivity contribution in [1.82, 2.24) is 25.5 Å². The second-order valence-electron chi connectivity index (χ2n) is 7.12. The molecule has 0 bridgehead atoms. The van der Waals surface area contributed by atoms with E-state index in [1.165, 1.54) is 6.33 Å². The molecule has 0 unspecified atom stereocenters. The second-order valence-corrected chi connectivity index (χ2v) is 7.12. The van der Waals surface area contributed by atoms with Crippen molar-refractivity contribution >= 4 is 5.91 Å². The van der Waals surface area contributed by atoms with E-state index in [1.807, 2.05) is 38.1 Å². The van der Waals surface area contributed by atoms with Gasteiger partial charge in [-0.3, -0.25) is 9.89 Å². The molecular weight excluding hydrogens is 342 g/mol. The van der Waals surface area contributed by atoms with Gasteiger partial charge in [-0.2, -0.15) is 5.10 Å². The molecule has 1 aromatic carbocycles. The molecule has 0 saturated carbocycles. The van der Waals surface area contributed by atoms with Crippen LogP contribution in [0.1, 0.15) is 54.3 Å². The lowest BCUT2D eigenvalue weighted by Gasteiger charge is -2.19. The number of hydrogen-bond acceptors (Lipinski definition) is 5. The summed E-state index contributed by atoms with van der Waals surface area (Å²) in [5.41, 5.74) is 2.32. The van der Waals surface area contributed by atoms with Gasteiger partial charge in [0.15, 0.2) is 0 Å². The van der Waals surface area contributed by atoms with Gasteiger partial charge in [-0.25, -0.2) is 9.97 Å². The van der Waals surface area contributed by atoms with Crippen LogP contribution in [-0.4, -0.2) is 31.2 Å². The Hall–Kier alpha value is -3.06. The molecule has 7 nitrogen and oxygen atoms in total. The molecule has 0 radical (unpaired) electrons. The van der Waals surface area contributed by atoms with Crippen LogP contribution in [0.15, 0.2) is 42.7 Å². The lowest BCUT2D eigenvalue weighted by atomic mass is 9.99. The maximum atomic E-state index is 12.8. The van der Waals surface area contributed by atoms with E-state index >= 15 is 0 Å². The van der Waals surface area contributed by atoms with Crippen LogP contribution in [0.4, 0.5) is 0 Å². The van der Waals surface area contributed by atoms with Crippen LogP contribution in [0.2, 0.25) is 0 Å². The van der Waals surface area contributed by atoms with Crippen LogP contribution < -0.4 is 5.32 Å². The number of aromatic nitrogens is 4. The van der Waals surface area contributed by atoms with Crippen LogP contribution in [0.25, 0.3) is 11.3 Å². The second kappa shape index (κ2) is 7.28. The van der Waals surface area contributed by atoms with Gasteiger partial charge in [0, 0.05) is 11.1 Å². The number of nitrogens with zero attached hydrogens (tertiary/aromatic N) is 3. The van der Waals surface area contributed by atoms with E-state index < -0.39 is 5.60 Å². The van der Waals surface area contributed by atoms with Crippen LogP contribution >= 0.6 is 0 Å². The molecule has 0 spiro atoms. The third-order valence-electron chi connectivity index (χ3n) is 4.25. The Labute approximate surface area is 157 Å². The molecule has 140 valence electrons. The Bertz CT molecular complexity index is 928. The molecule has 3 aromatic rings. The first kappa shape index (κ1) is 18.7. The normalized spacial score (nSPS) is 12.6. The van der Waals surface area contributed by atoms with Crippen molar-refractivity contribution in [3.05, 3.63) is 65.4 Å². The Kier molecular flexibility index (Phi) is 5.05. The highest BCUT2D eigenvalue weighted by molar-refractivity contribution is 5.95. The fourth-order valence-electron chi connectivity index (χ4n) is 2.62. The number of aromatic amines is 1. The minimum atomic E-state index is -1.17. The first-order valence-corrected chi connectivity index (χ1v) is 8.72. The summed E-state index contributed by atoms with van der Waals surface area (Å²) < 4.78 is 0. The highest BCUT2D eigenvalue weighted by atomic mass is 16.3. The Morgan fingerprint density at radius 3 is 2.52 bits per heavy atom. The maximum Gasteiger partial charge on any atom is 0.252 e. The van der Waals surface area contributed by atoms with Crippen LogP contribution in [0.3, 0.4) is 0 Å². The first-order valence-electron chi connectivity index (χ1n) is 8.72. The highest BCUT2D eigenvalue weighted by Gasteiger charge is 2.22. The number of H-pyrrole nitrogens is 1. The topological polar surface area (TPSA) is 104 Å². The number of rotatable bonds is 5. The van der Waals surface area contributed by atoms with Crippen LogP contribution in [-0.2, 0) is 5.60 Å². The Balaban J connectivity index is 1.97. The largest absolute Gasteiger partial charge is 0.384 e. The summed E-state index contributed by atoms with van der Waals surface area (Å²) in [6, 6.07) is 10.9. The van der Waals surface area contributed by atoms with Crippen molar-refractivity contribution in [2.45, 2.75) is 39.3 Å². The van der Waals surface area contributed by atoms with Crippen LogP contribution in [0, 0.1) is 6.92 Å².